The van der Waals surface area contributed by atoms with Gasteiger partial charge >= 0.3 is 0 Å². The van der Waals surface area contributed by atoms with Crippen molar-refractivity contribution in [3.05, 3.63) is 24.3 Å². The van der Waals surface area contributed by atoms with Gasteiger partial charge in [0.25, 0.3) is 0 Å². The van der Waals surface area contributed by atoms with E-state index in [1.807, 2.05) is 13.2 Å². The molecular formula is C13H22N2O3S2. The van der Waals surface area contributed by atoms with E-state index in [9.17, 15) is 8.42 Å². The van der Waals surface area contributed by atoms with Crippen LogP contribution in [0.5, 0.6) is 5.75 Å². The summed E-state index contributed by atoms with van der Waals surface area (Å²) >= 11 is 1.60. The molecule has 0 bridgehead atoms. The van der Waals surface area contributed by atoms with Crippen molar-refractivity contribution in [1.29, 1.82) is 0 Å². The molecule has 1 atom stereocenters. The van der Waals surface area contributed by atoms with Crippen molar-refractivity contribution in [1.82, 2.24) is 4.72 Å². The molecule has 1 aromatic rings. The molecule has 0 heterocycles. The average molecular weight is 318 g/mol. The number of hydrogen-bond acceptors (Lipinski definition) is 5. The first kappa shape index (κ1) is 17.3. The maximum Gasteiger partial charge on any atom is 0.240 e. The molecule has 0 saturated heterocycles. The lowest BCUT2D eigenvalue weighted by molar-refractivity contribution is 0.313. The molecule has 7 heteroatoms. The molecule has 1 aromatic carbocycles. The predicted octanol–water partition coefficient (Wildman–Crippen LogP) is 1.44. The average Bonchev–Trinajstić information content (AvgIpc) is 2.39. The topological polar surface area (TPSA) is 81.4 Å². The highest BCUT2D eigenvalue weighted by atomic mass is 32.2. The lowest BCUT2D eigenvalue weighted by atomic mass is 10.3. The Morgan fingerprint density at radius 1 is 1.35 bits per heavy atom. The lowest BCUT2D eigenvalue weighted by Crippen LogP contribution is -2.34. The summed E-state index contributed by atoms with van der Waals surface area (Å²) in [5.41, 5.74) is 5.38. The highest BCUT2D eigenvalue weighted by molar-refractivity contribution is 7.98. The highest BCUT2D eigenvalue weighted by Crippen LogP contribution is 2.16. The van der Waals surface area contributed by atoms with Gasteiger partial charge < -0.3 is 10.5 Å². The second-order valence-corrected chi connectivity index (χ2v) is 7.06. The molecule has 0 fully saturated rings. The minimum atomic E-state index is -3.46. The van der Waals surface area contributed by atoms with E-state index in [4.69, 9.17) is 10.5 Å². The molecule has 0 aromatic heterocycles. The van der Waals surface area contributed by atoms with Crippen LogP contribution in [0.2, 0.25) is 0 Å². The van der Waals surface area contributed by atoms with Gasteiger partial charge in [-0.1, -0.05) is 0 Å². The summed E-state index contributed by atoms with van der Waals surface area (Å²) in [5, 5.41) is 0. The fraction of sp³-hybridized carbons (Fsp3) is 0.538. The van der Waals surface area contributed by atoms with Crippen LogP contribution in [-0.2, 0) is 10.0 Å². The number of rotatable bonds is 9. The van der Waals surface area contributed by atoms with Crippen LogP contribution < -0.4 is 15.2 Å². The first-order valence-electron chi connectivity index (χ1n) is 6.44. The number of thioether (sulfide) groups is 1. The Hall–Kier alpha value is -0.760. The molecule has 0 saturated carbocycles. The van der Waals surface area contributed by atoms with Gasteiger partial charge in [-0.2, -0.15) is 11.8 Å². The van der Waals surface area contributed by atoms with Crippen molar-refractivity contribution >= 4 is 21.8 Å². The lowest BCUT2D eigenvalue weighted by Gasteiger charge is -2.13. The first-order valence-corrected chi connectivity index (χ1v) is 9.31. The number of hydrogen-bond donors (Lipinski definition) is 2. The van der Waals surface area contributed by atoms with Crippen LogP contribution in [0.4, 0.5) is 0 Å². The Bertz CT molecular complexity index is 489. The van der Waals surface area contributed by atoms with E-state index >= 15 is 0 Å². The van der Waals surface area contributed by atoms with Crippen molar-refractivity contribution in [3.8, 4) is 5.75 Å². The van der Waals surface area contributed by atoms with Crippen molar-refractivity contribution in [2.24, 2.45) is 5.73 Å². The van der Waals surface area contributed by atoms with Crippen molar-refractivity contribution in [2.45, 2.75) is 24.3 Å². The minimum absolute atomic E-state index is 0.101. The van der Waals surface area contributed by atoms with Gasteiger partial charge in [0, 0.05) is 11.8 Å². The molecule has 114 valence electrons. The molecule has 0 aliphatic heterocycles. The van der Waals surface area contributed by atoms with Gasteiger partial charge in [-0.05, 0) is 50.4 Å². The van der Waals surface area contributed by atoms with E-state index in [1.165, 1.54) is 0 Å². The van der Waals surface area contributed by atoms with Gasteiger partial charge in [-0.3, -0.25) is 0 Å². The second kappa shape index (κ2) is 8.51. The quantitative estimate of drug-likeness (QED) is 0.673. The summed E-state index contributed by atoms with van der Waals surface area (Å²) in [6.45, 7) is 2.95. The Balaban J connectivity index is 2.66. The van der Waals surface area contributed by atoms with Gasteiger partial charge in [0.2, 0.25) is 10.0 Å². The molecule has 0 spiro atoms. The maximum atomic E-state index is 12.1. The molecule has 0 aliphatic carbocycles. The van der Waals surface area contributed by atoms with Crippen LogP contribution in [0, 0.1) is 0 Å². The van der Waals surface area contributed by atoms with E-state index in [0.29, 0.717) is 18.9 Å². The summed E-state index contributed by atoms with van der Waals surface area (Å²) < 4.78 is 32.3. The molecule has 1 unspecified atom stereocenters. The third kappa shape index (κ3) is 5.70. The SMILES string of the molecule is CSCC(C)NS(=O)(=O)c1ccc(OCCCN)cc1. The van der Waals surface area contributed by atoms with Crippen molar-refractivity contribution in [2.75, 3.05) is 25.2 Å². The molecule has 3 N–H and O–H groups in total. The zero-order chi connectivity index (χ0) is 15.0. The highest BCUT2D eigenvalue weighted by Gasteiger charge is 2.16. The van der Waals surface area contributed by atoms with Crippen LogP contribution >= 0.6 is 11.8 Å². The zero-order valence-corrected chi connectivity index (χ0v) is 13.5. The molecule has 0 radical (unpaired) electrons. The van der Waals surface area contributed by atoms with E-state index < -0.39 is 10.0 Å². The Morgan fingerprint density at radius 3 is 2.55 bits per heavy atom. The van der Waals surface area contributed by atoms with E-state index in [2.05, 4.69) is 4.72 Å². The fourth-order valence-electron chi connectivity index (χ4n) is 1.61. The van der Waals surface area contributed by atoms with Crippen LogP contribution in [-0.4, -0.2) is 39.6 Å². The van der Waals surface area contributed by atoms with Gasteiger partial charge in [0.15, 0.2) is 0 Å². The molecule has 0 aliphatic rings. The van der Waals surface area contributed by atoms with Gasteiger partial charge in [-0.25, -0.2) is 13.1 Å². The third-order valence-electron chi connectivity index (χ3n) is 2.52. The van der Waals surface area contributed by atoms with Gasteiger partial charge in [-0.15, -0.1) is 0 Å². The summed E-state index contributed by atoms with van der Waals surface area (Å²) in [6.07, 6.45) is 2.71. The van der Waals surface area contributed by atoms with E-state index in [-0.39, 0.29) is 10.9 Å². The Labute approximate surface area is 125 Å². The summed E-state index contributed by atoms with van der Waals surface area (Å²) in [5.74, 6) is 1.38. The number of sulfonamides is 1. The molecule has 5 nitrogen and oxygen atoms in total. The van der Waals surface area contributed by atoms with E-state index in [0.717, 1.165) is 12.2 Å². The second-order valence-electron chi connectivity index (χ2n) is 4.44. The summed E-state index contributed by atoms with van der Waals surface area (Å²) in [4.78, 5) is 0.247. The van der Waals surface area contributed by atoms with Crippen LogP contribution in [0.3, 0.4) is 0 Å². The third-order valence-corrected chi connectivity index (χ3v) is 4.96. The Morgan fingerprint density at radius 2 is 2.00 bits per heavy atom. The number of ether oxygens (including phenoxy) is 1. The number of benzene rings is 1. The van der Waals surface area contributed by atoms with Gasteiger partial charge in [0.1, 0.15) is 5.75 Å². The monoisotopic (exact) mass is 318 g/mol. The number of nitrogens with one attached hydrogen (secondary N) is 1. The Kier molecular flexibility index (Phi) is 7.36. The van der Waals surface area contributed by atoms with Crippen LogP contribution in [0.1, 0.15) is 13.3 Å². The zero-order valence-electron chi connectivity index (χ0n) is 11.8. The van der Waals surface area contributed by atoms with Crippen molar-refractivity contribution in [3.63, 3.8) is 0 Å². The molecular weight excluding hydrogens is 296 g/mol. The van der Waals surface area contributed by atoms with Gasteiger partial charge in [0.05, 0.1) is 11.5 Å². The number of nitrogens with two attached hydrogens (primary N) is 1. The standard InChI is InChI=1S/C13H22N2O3S2/c1-11(10-19-2)15-20(16,17)13-6-4-12(5-7-13)18-9-3-8-14/h4-7,11,15H,3,8-10,14H2,1-2H3. The van der Waals surface area contributed by atoms with E-state index in [1.54, 1.807) is 36.0 Å². The minimum Gasteiger partial charge on any atom is -0.494 e. The maximum absolute atomic E-state index is 12.1. The van der Waals surface area contributed by atoms with Crippen LogP contribution in [0.15, 0.2) is 29.2 Å². The molecule has 1 rings (SSSR count). The summed E-state index contributed by atoms with van der Waals surface area (Å²) in [6, 6.07) is 6.31. The molecule has 0 amide bonds. The smallest absolute Gasteiger partial charge is 0.240 e. The van der Waals surface area contributed by atoms with Crippen molar-refractivity contribution < 1.29 is 13.2 Å². The first-order chi connectivity index (χ1) is 9.49. The van der Waals surface area contributed by atoms with Crippen LogP contribution in [0.25, 0.3) is 0 Å². The molecule has 20 heavy (non-hydrogen) atoms. The predicted molar refractivity (Wildman–Crippen MR) is 83.8 cm³/mol. The summed E-state index contributed by atoms with van der Waals surface area (Å²) in [7, 11) is -3.46. The fourth-order valence-corrected chi connectivity index (χ4v) is 3.54. The largest absolute Gasteiger partial charge is 0.494 e. The normalized spacial score (nSPS) is 13.2.